The SMILES string of the molecule is Cc1ccc(-c2nnn(Cc3ccccc3)c2Sc2ccccc2)cc1. The molecule has 0 saturated heterocycles. The smallest absolute Gasteiger partial charge is 0.128 e. The lowest BCUT2D eigenvalue weighted by molar-refractivity contribution is 0.604. The summed E-state index contributed by atoms with van der Waals surface area (Å²) in [4.78, 5) is 1.18. The van der Waals surface area contributed by atoms with E-state index in [0.29, 0.717) is 6.54 Å². The van der Waals surface area contributed by atoms with Crippen molar-refractivity contribution in [2.24, 2.45) is 0 Å². The number of hydrogen-bond donors (Lipinski definition) is 0. The molecule has 0 saturated carbocycles. The highest BCUT2D eigenvalue weighted by molar-refractivity contribution is 7.99. The van der Waals surface area contributed by atoms with Gasteiger partial charge in [-0.2, -0.15) is 0 Å². The van der Waals surface area contributed by atoms with Crippen molar-refractivity contribution in [1.29, 1.82) is 0 Å². The summed E-state index contributed by atoms with van der Waals surface area (Å²) in [6.07, 6.45) is 0. The van der Waals surface area contributed by atoms with Crippen molar-refractivity contribution >= 4 is 11.8 Å². The summed E-state index contributed by atoms with van der Waals surface area (Å²) in [7, 11) is 0. The standard InChI is InChI=1S/C22H19N3S/c1-17-12-14-19(15-13-17)21-22(26-20-10-6-3-7-11-20)25(24-23-21)16-18-8-4-2-5-9-18/h2-15H,16H2,1H3. The third kappa shape index (κ3) is 3.70. The van der Waals surface area contributed by atoms with Gasteiger partial charge in [0.2, 0.25) is 0 Å². The van der Waals surface area contributed by atoms with Gasteiger partial charge in [0, 0.05) is 10.5 Å². The number of aromatic nitrogens is 3. The fraction of sp³-hybridized carbons (Fsp3) is 0.0909. The molecule has 128 valence electrons. The summed E-state index contributed by atoms with van der Waals surface area (Å²) in [5.74, 6) is 0. The molecule has 0 fully saturated rings. The second kappa shape index (κ2) is 7.58. The minimum atomic E-state index is 0.703. The van der Waals surface area contributed by atoms with Gasteiger partial charge in [-0.05, 0) is 24.6 Å². The van der Waals surface area contributed by atoms with Gasteiger partial charge >= 0.3 is 0 Å². The van der Waals surface area contributed by atoms with E-state index in [4.69, 9.17) is 0 Å². The Balaban J connectivity index is 1.75. The average molecular weight is 357 g/mol. The quantitative estimate of drug-likeness (QED) is 0.476. The predicted molar refractivity (Wildman–Crippen MR) is 106 cm³/mol. The molecule has 0 aliphatic carbocycles. The van der Waals surface area contributed by atoms with Crippen molar-refractivity contribution in [2.75, 3.05) is 0 Å². The normalized spacial score (nSPS) is 10.8. The minimum Gasteiger partial charge on any atom is -0.233 e. The number of aryl methyl sites for hydroxylation is 1. The summed E-state index contributed by atoms with van der Waals surface area (Å²) in [6, 6.07) is 29.2. The van der Waals surface area contributed by atoms with Gasteiger partial charge in [-0.15, -0.1) is 5.10 Å². The molecule has 4 aromatic rings. The molecule has 0 unspecified atom stereocenters. The molecule has 3 nitrogen and oxygen atoms in total. The van der Waals surface area contributed by atoms with Crippen LogP contribution in [0, 0.1) is 6.92 Å². The lowest BCUT2D eigenvalue weighted by Crippen LogP contribution is -2.03. The highest BCUT2D eigenvalue weighted by Gasteiger charge is 2.16. The van der Waals surface area contributed by atoms with Crippen LogP contribution in [0.3, 0.4) is 0 Å². The van der Waals surface area contributed by atoms with Gasteiger partial charge in [-0.3, -0.25) is 0 Å². The fourth-order valence-corrected chi connectivity index (χ4v) is 3.74. The molecule has 0 N–H and O–H groups in total. The number of benzene rings is 3. The van der Waals surface area contributed by atoms with Crippen LogP contribution in [0.25, 0.3) is 11.3 Å². The molecule has 1 aromatic heterocycles. The zero-order chi connectivity index (χ0) is 17.8. The Labute approximate surface area is 157 Å². The first-order valence-electron chi connectivity index (χ1n) is 8.57. The van der Waals surface area contributed by atoms with E-state index in [2.05, 4.69) is 90.0 Å². The topological polar surface area (TPSA) is 30.7 Å². The zero-order valence-corrected chi connectivity index (χ0v) is 15.4. The van der Waals surface area contributed by atoms with E-state index in [-0.39, 0.29) is 0 Å². The Hall–Kier alpha value is -2.85. The van der Waals surface area contributed by atoms with Crippen molar-refractivity contribution in [1.82, 2.24) is 15.0 Å². The molecule has 1 heterocycles. The van der Waals surface area contributed by atoms with Gasteiger partial charge in [-0.25, -0.2) is 4.68 Å². The third-order valence-electron chi connectivity index (χ3n) is 4.15. The molecule has 0 bridgehead atoms. The minimum absolute atomic E-state index is 0.703. The van der Waals surface area contributed by atoms with E-state index < -0.39 is 0 Å². The maximum absolute atomic E-state index is 4.50. The summed E-state index contributed by atoms with van der Waals surface area (Å²) >= 11 is 1.70. The molecule has 0 radical (unpaired) electrons. The number of nitrogens with zero attached hydrogens (tertiary/aromatic N) is 3. The van der Waals surface area contributed by atoms with Crippen LogP contribution in [0.5, 0.6) is 0 Å². The van der Waals surface area contributed by atoms with Crippen LogP contribution < -0.4 is 0 Å². The summed E-state index contributed by atoms with van der Waals surface area (Å²) in [5.41, 5.74) is 4.47. The molecular formula is C22H19N3S. The second-order valence-corrected chi connectivity index (χ2v) is 7.23. The van der Waals surface area contributed by atoms with Gasteiger partial charge in [0.25, 0.3) is 0 Å². The molecule has 0 atom stereocenters. The Morgan fingerprint density at radius 3 is 2.15 bits per heavy atom. The summed E-state index contributed by atoms with van der Waals surface area (Å²) in [6.45, 7) is 2.80. The monoisotopic (exact) mass is 357 g/mol. The predicted octanol–water partition coefficient (Wildman–Crippen LogP) is 5.45. The van der Waals surface area contributed by atoms with Crippen LogP contribution in [-0.2, 0) is 6.54 Å². The van der Waals surface area contributed by atoms with Crippen molar-refractivity contribution in [3.05, 3.63) is 96.1 Å². The zero-order valence-electron chi connectivity index (χ0n) is 14.5. The van der Waals surface area contributed by atoms with Gasteiger partial charge in [-0.1, -0.05) is 95.3 Å². The first-order valence-corrected chi connectivity index (χ1v) is 9.38. The average Bonchev–Trinajstić information content (AvgIpc) is 3.06. The summed E-state index contributed by atoms with van der Waals surface area (Å²) < 4.78 is 1.99. The Morgan fingerprint density at radius 2 is 1.46 bits per heavy atom. The van der Waals surface area contributed by atoms with Crippen LogP contribution in [0.2, 0.25) is 0 Å². The maximum Gasteiger partial charge on any atom is 0.128 e. The van der Waals surface area contributed by atoms with Gasteiger partial charge in [0.05, 0.1) is 6.54 Å². The number of hydrogen-bond acceptors (Lipinski definition) is 3. The Bertz CT molecular complexity index is 977. The van der Waals surface area contributed by atoms with Crippen LogP contribution in [-0.4, -0.2) is 15.0 Å². The first-order chi connectivity index (χ1) is 12.8. The van der Waals surface area contributed by atoms with Crippen molar-refractivity contribution in [3.8, 4) is 11.3 Å². The van der Waals surface area contributed by atoms with E-state index >= 15 is 0 Å². The van der Waals surface area contributed by atoms with E-state index in [9.17, 15) is 0 Å². The fourth-order valence-electron chi connectivity index (χ4n) is 2.76. The molecule has 0 aliphatic rings. The van der Waals surface area contributed by atoms with Crippen LogP contribution in [0.1, 0.15) is 11.1 Å². The molecule has 0 spiro atoms. The van der Waals surface area contributed by atoms with Crippen LogP contribution in [0.4, 0.5) is 0 Å². The molecular weight excluding hydrogens is 338 g/mol. The lowest BCUT2D eigenvalue weighted by Gasteiger charge is -2.08. The second-order valence-electron chi connectivity index (χ2n) is 6.17. The molecule has 26 heavy (non-hydrogen) atoms. The Morgan fingerprint density at radius 1 is 0.808 bits per heavy atom. The largest absolute Gasteiger partial charge is 0.233 e. The molecule has 3 aromatic carbocycles. The third-order valence-corrected chi connectivity index (χ3v) is 5.25. The molecule has 4 rings (SSSR count). The first kappa shape index (κ1) is 16.6. The van der Waals surface area contributed by atoms with Crippen LogP contribution >= 0.6 is 11.8 Å². The van der Waals surface area contributed by atoms with E-state index in [1.54, 1.807) is 11.8 Å². The van der Waals surface area contributed by atoms with Crippen LogP contribution in [0.15, 0.2) is 94.9 Å². The van der Waals surface area contributed by atoms with Gasteiger partial charge in [0.1, 0.15) is 10.7 Å². The van der Waals surface area contributed by atoms with Crippen molar-refractivity contribution < 1.29 is 0 Å². The van der Waals surface area contributed by atoms with Gasteiger partial charge in [0.15, 0.2) is 0 Å². The lowest BCUT2D eigenvalue weighted by atomic mass is 10.1. The van der Waals surface area contributed by atoms with E-state index in [0.717, 1.165) is 16.3 Å². The molecule has 4 heteroatoms. The van der Waals surface area contributed by atoms with Crippen molar-refractivity contribution in [2.45, 2.75) is 23.4 Å². The van der Waals surface area contributed by atoms with E-state index in [1.807, 2.05) is 16.8 Å². The molecule has 0 aliphatic heterocycles. The highest BCUT2D eigenvalue weighted by atomic mass is 32.2. The summed E-state index contributed by atoms with van der Waals surface area (Å²) in [5, 5.41) is 10.0. The van der Waals surface area contributed by atoms with E-state index in [1.165, 1.54) is 16.0 Å². The maximum atomic E-state index is 4.50. The molecule has 0 amide bonds. The van der Waals surface area contributed by atoms with Crippen molar-refractivity contribution in [3.63, 3.8) is 0 Å². The number of rotatable bonds is 5. The highest BCUT2D eigenvalue weighted by Crippen LogP contribution is 2.35. The van der Waals surface area contributed by atoms with Gasteiger partial charge < -0.3 is 0 Å². The Kier molecular flexibility index (Phi) is 4.84.